The van der Waals surface area contributed by atoms with E-state index >= 15 is 0 Å². The number of ether oxygens (including phenoxy) is 1. The van der Waals surface area contributed by atoms with Gasteiger partial charge in [-0.2, -0.15) is 0 Å². The van der Waals surface area contributed by atoms with E-state index < -0.39 is 0 Å². The fraction of sp³-hybridized carbons (Fsp3) is 0.167. The summed E-state index contributed by atoms with van der Waals surface area (Å²) in [5.74, 6) is 0.402. The average Bonchev–Trinajstić information content (AvgIpc) is 3.71. The maximum absolute atomic E-state index is 12.5. The summed E-state index contributed by atoms with van der Waals surface area (Å²) in [6.45, 7) is 4.05. The van der Waals surface area contributed by atoms with Crippen LogP contribution in [-0.4, -0.2) is 42.2 Å². The summed E-state index contributed by atoms with van der Waals surface area (Å²) < 4.78 is 9.49. The van der Waals surface area contributed by atoms with Crippen LogP contribution in [0, 0.1) is 13.8 Å². The first-order valence-corrected chi connectivity index (χ1v) is 13.5. The number of anilines is 2. The third-order valence-corrected chi connectivity index (χ3v) is 7.35. The molecule has 2 aromatic carbocycles. The Labute approximate surface area is 242 Å². The van der Waals surface area contributed by atoms with E-state index in [1.807, 2.05) is 77.5 Å². The molecule has 0 bridgehead atoms. The molecular formula is C30H28N8O2S. The Hall–Kier alpha value is -5.03. The van der Waals surface area contributed by atoms with E-state index in [-0.39, 0.29) is 24.6 Å². The normalized spacial score (nSPS) is 16.4. The van der Waals surface area contributed by atoms with Crippen LogP contribution in [0.2, 0.25) is 0 Å². The number of nitrogens with one attached hydrogen (secondary N) is 2. The molecule has 2 unspecified atom stereocenters. The van der Waals surface area contributed by atoms with Gasteiger partial charge in [0.2, 0.25) is 0 Å². The van der Waals surface area contributed by atoms with Crippen molar-refractivity contribution < 1.29 is 9.53 Å². The van der Waals surface area contributed by atoms with Gasteiger partial charge in [-0.1, -0.05) is 24.3 Å². The van der Waals surface area contributed by atoms with Crippen LogP contribution in [0.1, 0.15) is 34.7 Å². The number of benzene rings is 2. The fourth-order valence-electron chi connectivity index (χ4n) is 5.25. The number of para-hydroxylation sites is 1. The molecule has 1 fully saturated rings. The van der Waals surface area contributed by atoms with Crippen molar-refractivity contribution in [2.24, 2.45) is 0 Å². The van der Waals surface area contributed by atoms with Crippen molar-refractivity contribution in [3.05, 3.63) is 120 Å². The van der Waals surface area contributed by atoms with Crippen LogP contribution < -0.4 is 20.3 Å². The number of aryl methyl sites for hydroxylation is 1. The highest BCUT2D eigenvalue weighted by atomic mass is 32.1. The molecule has 2 N–H and O–H groups in total. The smallest absolute Gasteiger partial charge is 0.262 e. The molecule has 0 aliphatic carbocycles. The van der Waals surface area contributed by atoms with Crippen molar-refractivity contribution in [3.8, 4) is 5.75 Å². The predicted molar refractivity (Wildman–Crippen MR) is 160 cm³/mol. The average molecular weight is 565 g/mol. The van der Waals surface area contributed by atoms with Gasteiger partial charge >= 0.3 is 0 Å². The fourth-order valence-corrected chi connectivity index (χ4v) is 5.59. The molecule has 4 heterocycles. The zero-order valence-electron chi connectivity index (χ0n) is 22.5. The monoisotopic (exact) mass is 564 g/mol. The van der Waals surface area contributed by atoms with Crippen LogP contribution >= 0.6 is 12.2 Å². The molecule has 2 atom stereocenters. The number of carbonyl (C=O) groups is 1. The minimum absolute atomic E-state index is 0.0816. The summed E-state index contributed by atoms with van der Waals surface area (Å²) in [6.07, 6.45) is 5.14. The largest absolute Gasteiger partial charge is 0.484 e. The summed E-state index contributed by atoms with van der Waals surface area (Å²) >= 11 is 5.89. The topological polar surface area (TPSA) is 102 Å². The number of carbonyl (C=O) groups excluding carboxylic acids is 1. The van der Waals surface area contributed by atoms with Crippen LogP contribution in [0.5, 0.6) is 5.75 Å². The highest BCUT2D eigenvalue weighted by Crippen LogP contribution is 2.43. The first-order chi connectivity index (χ1) is 20.0. The van der Waals surface area contributed by atoms with Gasteiger partial charge in [0.1, 0.15) is 18.4 Å². The summed E-state index contributed by atoms with van der Waals surface area (Å²) in [4.78, 5) is 19.2. The Morgan fingerprint density at radius 2 is 1.73 bits per heavy atom. The minimum atomic E-state index is -0.241. The molecule has 0 saturated carbocycles. The molecular weight excluding hydrogens is 536 g/mol. The number of thiocarbonyl (C=S) groups is 1. The van der Waals surface area contributed by atoms with Crippen LogP contribution in [0.4, 0.5) is 11.4 Å². The van der Waals surface area contributed by atoms with Crippen LogP contribution in [0.25, 0.3) is 0 Å². The lowest BCUT2D eigenvalue weighted by atomic mass is 9.96. The van der Waals surface area contributed by atoms with Crippen molar-refractivity contribution in [2.75, 3.05) is 16.8 Å². The van der Waals surface area contributed by atoms with Crippen molar-refractivity contribution in [3.63, 3.8) is 0 Å². The van der Waals surface area contributed by atoms with E-state index in [0.717, 1.165) is 28.3 Å². The lowest BCUT2D eigenvalue weighted by Crippen LogP contribution is -2.29. The minimum Gasteiger partial charge on any atom is -0.484 e. The van der Waals surface area contributed by atoms with Crippen LogP contribution in [-0.2, 0) is 4.79 Å². The second kappa shape index (κ2) is 11.2. The molecule has 11 heteroatoms. The van der Waals surface area contributed by atoms with Crippen molar-refractivity contribution in [2.45, 2.75) is 25.9 Å². The maximum atomic E-state index is 12.5. The SMILES string of the molecule is Cc1cc(C2C(c3ccccn3)NC(=S)N2c2ccc(NC(=O)COc3ccccc3)cc2)c(C)n1-n1cnnc1. The van der Waals surface area contributed by atoms with Gasteiger partial charge in [0, 0.05) is 34.5 Å². The van der Waals surface area contributed by atoms with Crippen molar-refractivity contribution in [1.29, 1.82) is 0 Å². The Kier molecular flexibility index (Phi) is 7.17. The zero-order chi connectivity index (χ0) is 28.3. The molecule has 1 aliphatic rings. The van der Waals surface area contributed by atoms with Crippen LogP contribution in [0.15, 0.2) is 97.7 Å². The Morgan fingerprint density at radius 3 is 2.44 bits per heavy atom. The van der Waals surface area contributed by atoms with Gasteiger partial charge < -0.3 is 20.3 Å². The van der Waals surface area contributed by atoms with E-state index in [4.69, 9.17) is 17.0 Å². The number of rotatable bonds is 8. The second-order valence-electron chi connectivity index (χ2n) is 9.67. The van der Waals surface area contributed by atoms with Crippen molar-refractivity contribution >= 4 is 34.6 Å². The number of hydrogen-bond donors (Lipinski definition) is 2. The molecule has 1 saturated heterocycles. The molecule has 5 aromatic rings. The molecule has 41 heavy (non-hydrogen) atoms. The quantitative estimate of drug-likeness (QED) is 0.264. The third kappa shape index (κ3) is 5.27. The van der Waals surface area contributed by atoms with Gasteiger partial charge in [-0.15, -0.1) is 10.2 Å². The number of aromatic nitrogens is 5. The second-order valence-corrected chi connectivity index (χ2v) is 10.1. The van der Waals surface area contributed by atoms with Gasteiger partial charge in [-0.25, -0.2) is 4.68 Å². The highest BCUT2D eigenvalue weighted by Gasteiger charge is 2.42. The lowest BCUT2D eigenvalue weighted by Gasteiger charge is -2.28. The Balaban J connectivity index is 1.29. The first kappa shape index (κ1) is 26.2. The standard InChI is InChI=1S/C30H28N8O2S/c1-20-16-25(21(2)38(20)36-18-32-33-19-36)29-28(26-10-6-7-15-31-26)35-30(41)37(29)23-13-11-22(12-14-23)34-27(39)17-40-24-8-4-3-5-9-24/h3-16,18-19,28-29H,17H2,1-2H3,(H,34,39)(H,35,41). The van der Waals surface area contributed by atoms with Gasteiger partial charge in [-0.3, -0.25) is 14.5 Å². The van der Waals surface area contributed by atoms with Gasteiger partial charge in [0.15, 0.2) is 11.7 Å². The van der Waals surface area contributed by atoms with Gasteiger partial charge in [0.05, 0.1) is 17.8 Å². The summed E-state index contributed by atoms with van der Waals surface area (Å²) in [6, 6.07) is 24.6. The maximum Gasteiger partial charge on any atom is 0.262 e. The Morgan fingerprint density at radius 1 is 1.00 bits per heavy atom. The molecule has 6 rings (SSSR count). The summed E-state index contributed by atoms with van der Waals surface area (Å²) in [7, 11) is 0. The van der Waals surface area contributed by atoms with E-state index in [2.05, 4.69) is 55.3 Å². The van der Waals surface area contributed by atoms with Gasteiger partial charge in [-0.05, 0) is 80.7 Å². The van der Waals surface area contributed by atoms with E-state index in [1.54, 1.807) is 18.9 Å². The van der Waals surface area contributed by atoms with Crippen molar-refractivity contribution in [1.82, 2.24) is 29.9 Å². The third-order valence-electron chi connectivity index (χ3n) is 7.03. The number of hydrogen-bond acceptors (Lipinski definition) is 6. The highest BCUT2D eigenvalue weighted by molar-refractivity contribution is 7.80. The lowest BCUT2D eigenvalue weighted by molar-refractivity contribution is -0.118. The molecule has 1 amide bonds. The van der Waals surface area contributed by atoms with Crippen LogP contribution in [0.3, 0.4) is 0 Å². The van der Waals surface area contributed by atoms with E-state index in [9.17, 15) is 4.79 Å². The molecule has 0 spiro atoms. The predicted octanol–water partition coefficient (Wildman–Crippen LogP) is 4.60. The molecule has 206 valence electrons. The molecule has 1 aliphatic heterocycles. The molecule has 3 aromatic heterocycles. The first-order valence-electron chi connectivity index (χ1n) is 13.1. The Bertz CT molecular complexity index is 1650. The number of nitrogens with zero attached hydrogens (tertiary/aromatic N) is 6. The summed E-state index contributed by atoms with van der Waals surface area (Å²) in [5.41, 5.74) is 5.60. The number of amides is 1. The van der Waals surface area contributed by atoms with E-state index in [0.29, 0.717) is 16.5 Å². The zero-order valence-corrected chi connectivity index (χ0v) is 23.3. The van der Waals surface area contributed by atoms with E-state index in [1.165, 1.54) is 0 Å². The number of pyridine rings is 1. The summed E-state index contributed by atoms with van der Waals surface area (Å²) in [5, 5.41) is 15.0. The molecule has 0 radical (unpaired) electrons. The molecule has 10 nitrogen and oxygen atoms in total. The van der Waals surface area contributed by atoms with Gasteiger partial charge in [0.25, 0.3) is 5.91 Å².